The summed E-state index contributed by atoms with van der Waals surface area (Å²) < 4.78 is 21.0. The third-order valence-electron chi connectivity index (χ3n) is 4.39. The molecule has 3 rings (SSSR count). The van der Waals surface area contributed by atoms with Gasteiger partial charge in [0.1, 0.15) is 22.7 Å². The Labute approximate surface area is 206 Å². The fraction of sp³-hybridized carbons (Fsp3) is 0.286. The Morgan fingerprint density at radius 3 is 1.23 bits per heavy atom. The number of para-hydroxylation sites is 1. The number of hydrogen-bond acceptors (Lipinski definition) is 7. The molecule has 0 unspecified atom stereocenters. The molecular formula is C28H31NO6. The first-order valence-electron chi connectivity index (χ1n) is 11.3. The van der Waals surface area contributed by atoms with Crippen LogP contribution in [0.4, 0.5) is 26.7 Å². The van der Waals surface area contributed by atoms with Crippen LogP contribution in [-0.2, 0) is 9.47 Å². The average molecular weight is 478 g/mol. The maximum atomic E-state index is 12.0. The molecule has 184 valence electrons. The summed E-state index contributed by atoms with van der Waals surface area (Å²) in [5.74, 6) is 0.745. The molecule has 35 heavy (non-hydrogen) atoms. The highest BCUT2D eigenvalue weighted by atomic mass is 16.7. The van der Waals surface area contributed by atoms with Gasteiger partial charge in [0.25, 0.3) is 0 Å². The van der Waals surface area contributed by atoms with Crippen LogP contribution in [0.1, 0.15) is 41.5 Å². The first-order chi connectivity index (χ1) is 16.4. The van der Waals surface area contributed by atoms with E-state index in [1.165, 1.54) is 0 Å². The van der Waals surface area contributed by atoms with Crippen molar-refractivity contribution in [1.82, 2.24) is 0 Å². The second-order valence-electron chi connectivity index (χ2n) is 9.79. The van der Waals surface area contributed by atoms with Crippen molar-refractivity contribution in [2.24, 2.45) is 0 Å². The zero-order chi connectivity index (χ0) is 25.6. The van der Waals surface area contributed by atoms with E-state index in [2.05, 4.69) is 0 Å². The lowest BCUT2D eigenvalue weighted by Crippen LogP contribution is -2.26. The molecular weight excluding hydrogens is 446 g/mol. The number of carbonyl (C=O) groups is 2. The lowest BCUT2D eigenvalue weighted by atomic mass is 10.2. The molecule has 0 atom stereocenters. The van der Waals surface area contributed by atoms with Gasteiger partial charge in [0.15, 0.2) is 0 Å². The van der Waals surface area contributed by atoms with Crippen molar-refractivity contribution < 1.29 is 28.5 Å². The number of rotatable bonds is 5. The molecule has 3 aromatic rings. The molecule has 0 radical (unpaired) electrons. The third-order valence-corrected chi connectivity index (χ3v) is 4.39. The highest BCUT2D eigenvalue weighted by molar-refractivity contribution is 5.77. The molecule has 7 nitrogen and oxygen atoms in total. The summed E-state index contributed by atoms with van der Waals surface area (Å²) in [5.41, 5.74) is 1.33. The highest BCUT2D eigenvalue weighted by Gasteiger charge is 2.20. The molecule has 0 bridgehead atoms. The van der Waals surface area contributed by atoms with Crippen molar-refractivity contribution in [2.45, 2.75) is 52.7 Å². The molecule has 0 spiro atoms. The largest absolute Gasteiger partial charge is 0.514 e. The summed E-state index contributed by atoms with van der Waals surface area (Å²) in [5, 5.41) is 0. The van der Waals surface area contributed by atoms with Crippen LogP contribution in [0.3, 0.4) is 0 Å². The molecule has 0 aliphatic rings. The predicted molar refractivity (Wildman–Crippen MR) is 135 cm³/mol. The van der Waals surface area contributed by atoms with Gasteiger partial charge in [0.2, 0.25) is 0 Å². The quantitative estimate of drug-likeness (QED) is 0.274. The summed E-state index contributed by atoms with van der Waals surface area (Å²) in [6, 6.07) is 24.0. The lowest BCUT2D eigenvalue weighted by Gasteiger charge is -2.26. The van der Waals surface area contributed by atoms with Crippen LogP contribution in [0.5, 0.6) is 11.5 Å². The number of anilines is 3. The van der Waals surface area contributed by atoms with Crippen LogP contribution in [0.25, 0.3) is 0 Å². The molecule has 0 aromatic heterocycles. The van der Waals surface area contributed by atoms with Gasteiger partial charge in [-0.05, 0) is 102 Å². The molecule has 0 aliphatic carbocycles. The van der Waals surface area contributed by atoms with E-state index in [1.807, 2.05) is 59.5 Å². The molecule has 7 heteroatoms. The summed E-state index contributed by atoms with van der Waals surface area (Å²) >= 11 is 0. The standard InChI is InChI=1S/C28H31NO6/c1-27(2,3)34-25(30)32-23-16-12-21(13-17-23)29(20-10-8-7-9-11-20)22-14-18-24(19-15-22)33-26(31)35-28(4,5)6/h7-19H,1-6H3. The smallest absolute Gasteiger partial charge is 0.428 e. The molecule has 0 aliphatic heterocycles. The average Bonchev–Trinajstić information content (AvgIpc) is 2.74. The Kier molecular flexibility index (Phi) is 7.69. The van der Waals surface area contributed by atoms with E-state index < -0.39 is 23.5 Å². The van der Waals surface area contributed by atoms with Crippen LogP contribution in [-0.4, -0.2) is 23.5 Å². The van der Waals surface area contributed by atoms with Gasteiger partial charge in [0.05, 0.1) is 0 Å². The van der Waals surface area contributed by atoms with Crippen LogP contribution in [0.15, 0.2) is 78.9 Å². The van der Waals surface area contributed by atoms with Crippen LogP contribution in [0.2, 0.25) is 0 Å². The van der Waals surface area contributed by atoms with Gasteiger partial charge in [-0.2, -0.15) is 0 Å². The topological polar surface area (TPSA) is 74.3 Å². The first-order valence-corrected chi connectivity index (χ1v) is 11.3. The van der Waals surface area contributed by atoms with Gasteiger partial charge in [-0.25, -0.2) is 9.59 Å². The van der Waals surface area contributed by atoms with E-state index in [1.54, 1.807) is 65.8 Å². The van der Waals surface area contributed by atoms with Gasteiger partial charge >= 0.3 is 12.3 Å². The number of nitrogens with zero attached hydrogens (tertiary/aromatic N) is 1. The second-order valence-corrected chi connectivity index (χ2v) is 9.79. The predicted octanol–water partition coefficient (Wildman–Crippen LogP) is 7.78. The molecule has 0 amide bonds. The SMILES string of the molecule is CC(C)(C)OC(=O)Oc1ccc(N(c2ccccc2)c2ccc(OC(=O)OC(C)(C)C)cc2)cc1. The molecule has 0 fully saturated rings. The molecule has 0 N–H and O–H groups in total. The molecule has 0 saturated carbocycles. The van der Waals surface area contributed by atoms with Crippen molar-refractivity contribution in [1.29, 1.82) is 0 Å². The minimum absolute atomic E-state index is 0.372. The minimum Gasteiger partial charge on any atom is -0.428 e. The Hall–Kier alpha value is -4.00. The van der Waals surface area contributed by atoms with Crippen molar-refractivity contribution >= 4 is 29.4 Å². The fourth-order valence-electron chi connectivity index (χ4n) is 3.08. The zero-order valence-electron chi connectivity index (χ0n) is 20.9. The van der Waals surface area contributed by atoms with Gasteiger partial charge < -0.3 is 23.8 Å². The molecule has 3 aromatic carbocycles. The van der Waals surface area contributed by atoms with Crippen LogP contribution < -0.4 is 14.4 Å². The fourth-order valence-corrected chi connectivity index (χ4v) is 3.08. The summed E-state index contributed by atoms with van der Waals surface area (Å²) in [6.07, 6.45) is -1.52. The number of carbonyl (C=O) groups excluding carboxylic acids is 2. The van der Waals surface area contributed by atoms with E-state index in [0.717, 1.165) is 17.1 Å². The van der Waals surface area contributed by atoms with E-state index in [-0.39, 0.29) is 0 Å². The summed E-state index contributed by atoms with van der Waals surface area (Å²) in [7, 11) is 0. The first kappa shape index (κ1) is 25.6. The summed E-state index contributed by atoms with van der Waals surface area (Å²) in [6.45, 7) is 10.7. The zero-order valence-corrected chi connectivity index (χ0v) is 20.9. The Morgan fingerprint density at radius 2 is 0.886 bits per heavy atom. The van der Waals surface area contributed by atoms with Crippen molar-refractivity contribution in [3.8, 4) is 11.5 Å². The number of hydrogen-bond donors (Lipinski definition) is 0. The van der Waals surface area contributed by atoms with Crippen LogP contribution >= 0.6 is 0 Å². The maximum absolute atomic E-state index is 12.0. The van der Waals surface area contributed by atoms with Gasteiger partial charge in [-0.1, -0.05) is 18.2 Å². The van der Waals surface area contributed by atoms with Gasteiger partial charge in [-0.15, -0.1) is 0 Å². The van der Waals surface area contributed by atoms with Gasteiger partial charge in [0, 0.05) is 17.1 Å². The minimum atomic E-state index is -0.759. The second kappa shape index (κ2) is 10.5. The monoisotopic (exact) mass is 477 g/mol. The van der Waals surface area contributed by atoms with Crippen LogP contribution in [0, 0.1) is 0 Å². The van der Waals surface area contributed by atoms with E-state index >= 15 is 0 Å². The number of benzene rings is 3. The molecule has 0 saturated heterocycles. The third kappa shape index (κ3) is 8.07. The Bertz CT molecular complexity index is 1050. The van der Waals surface area contributed by atoms with E-state index in [4.69, 9.17) is 18.9 Å². The number of ether oxygens (including phenoxy) is 4. The Balaban J connectivity index is 1.82. The normalized spacial score (nSPS) is 11.4. The van der Waals surface area contributed by atoms with Crippen molar-refractivity contribution in [3.05, 3.63) is 78.9 Å². The van der Waals surface area contributed by atoms with Crippen molar-refractivity contribution in [3.63, 3.8) is 0 Å². The highest BCUT2D eigenvalue weighted by Crippen LogP contribution is 2.36. The summed E-state index contributed by atoms with van der Waals surface area (Å²) in [4.78, 5) is 26.0. The Morgan fingerprint density at radius 1 is 0.543 bits per heavy atom. The van der Waals surface area contributed by atoms with Crippen molar-refractivity contribution in [2.75, 3.05) is 4.90 Å². The molecule has 0 heterocycles. The lowest BCUT2D eigenvalue weighted by molar-refractivity contribution is 0.0193. The van der Waals surface area contributed by atoms with E-state index in [0.29, 0.717) is 11.5 Å². The maximum Gasteiger partial charge on any atom is 0.514 e. The van der Waals surface area contributed by atoms with E-state index in [9.17, 15) is 9.59 Å². The van der Waals surface area contributed by atoms with Gasteiger partial charge in [-0.3, -0.25) is 0 Å².